The molecule has 9 heteroatoms. The van der Waals surface area contributed by atoms with E-state index in [1.807, 2.05) is 0 Å². The molecule has 2 aromatic rings. The largest absolute Gasteiger partial charge is 0.497 e. The van der Waals surface area contributed by atoms with Crippen LogP contribution in [0, 0.1) is 23.7 Å². The molecule has 1 aliphatic rings. The van der Waals surface area contributed by atoms with Gasteiger partial charge in [0.2, 0.25) is 0 Å². The molecule has 0 radical (unpaired) electrons. The lowest BCUT2D eigenvalue weighted by Gasteiger charge is -2.15. The number of hydrogen-bond donors (Lipinski definition) is 2. The zero-order valence-corrected chi connectivity index (χ0v) is 18.1. The Morgan fingerprint density at radius 3 is 2.53 bits per heavy atom. The molecule has 9 nitrogen and oxygen atoms in total. The van der Waals surface area contributed by atoms with Crippen LogP contribution in [0.3, 0.4) is 0 Å². The van der Waals surface area contributed by atoms with Gasteiger partial charge in [0.15, 0.2) is 5.69 Å². The number of carbonyl (C=O) groups excluding carboxylic acids is 2. The van der Waals surface area contributed by atoms with Crippen LogP contribution in [-0.2, 0) is 4.79 Å². The van der Waals surface area contributed by atoms with E-state index >= 15 is 0 Å². The molecule has 164 valence electrons. The molecule has 0 saturated carbocycles. The number of hydrogen-bond acceptors (Lipinski definition) is 7. The number of amides is 2. The fourth-order valence-corrected chi connectivity index (χ4v) is 3.19. The van der Waals surface area contributed by atoms with Crippen molar-refractivity contribution in [3.05, 3.63) is 41.3 Å². The molecular weight excluding hydrogens is 410 g/mol. The van der Waals surface area contributed by atoms with E-state index < -0.39 is 5.91 Å². The second kappa shape index (κ2) is 10.2. The molecule has 2 heterocycles. The Balaban J connectivity index is 1.84. The number of nitrogens with one attached hydrogen (secondary N) is 1. The maximum absolute atomic E-state index is 11.9. The molecular formula is C23H23N5O4. The number of ether oxygens (including phenoxy) is 2. The normalized spacial score (nSPS) is 14.5. The lowest BCUT2D eigenvalue weighted by Crippen LogP contribution is -2.30. The van der Waals surface area contributed by atoms with E-state index in [1.54, 1.807) is 44.2 Å². The number of carbonyl (C=O) groups is 2. The predicted molar refractivity (Wildman–Crippen MR) is 118 cm³/mol. The highest BCUT2D eigenvalue weighted by Gasteiger charge is 2.26. The standard InChI is InChI=1S/C23H23N5O4/c1-4-5-21(29)28-9-8-16(14-28)26-20-13-25-22(23(24)30)19(27-20)7-6-15-10-17(31-2)12-18(11-15)32-3/h10-13,16H,8-9,14H2,1-3H3,(H2,24,30)(H,26,27)/t16-/m0/s1. The molecule has 1 aromatic heterocycles. The van der Waals surface area contributed by atoms with E-state index in [0.29, 0.717) is 36.0 Å². The van der Waals surface area contributed by atoms with Crippen molar-refractivity contribution in [2.45, 2.75) is 19.4 Å². The molecule has 1 atom stereocenters. The first-order valence-electron chi connectivity index (χ1n) is 9.83. The molecule has 0 bridgehead atoms. The summed E-state index contributed by atoms with van der Waals surface area (Å²) in [5, 5.41) is 3.23. The average molecular weight is 433 g/mol. The van der Waals surface area contributed by atoms with Gasteiger partial charge in [-0.2, -0.15) is 0 Å². The Hall–Kier alpha value is -4.24. The summed E-state index contributed by atoms with van der Waals surface area (Å²) >= 11 is 0. The Bertz CT molecular complexity index is 1130. The summed E-state index contributed by atoms with van der Waals surface area (Å²) in [6, 6.07) is 5.18. The maximum Gasteiger partial charge on any atom is 0.298 e. The smallest absolute Gasteiger partial charge is 0.298 e. The van der Waals surface area contributed by atoms with Crippen LogP contribution in [-0.4, -0.2) is 60.0 Å². The second-order valence-electron chi connectivity index (χ2n) is 6.92. The SMILES string of the molecule is CC#CC(=O)N1CC[C@H](Nc2cnc(C(N)=O)c(C#Cc3cc(OC)cc(OC)c3)n2)C1. The number of anilines is 1. The minimum Gasteiger partial charge on any atom is -0.497 e. The Labute approximate surface area is 186 Å². The third kappa shape index (κ3) is 5.46. The predicted octanol–water partition coefficient (Wildman–Crippen LogP) is 1.03. The Morgan fingerprint density at radius 2 is 1.91 bits per heavy atom. The Kier molecular flexibility index (Phi) is 7.14. The van der Waals surface area contributed by atoms with E-state index in [1.165, 1.54) is 6.20 Å². The van der Waals surface area contributed by atoms with Crippen molar-refractivity contribution < 1.29 is 19.1 Å². The molecule has 3 rings (SSSR count). The van der Waals surface area contributed by atoms with Crippen LogP contribution < -0.4 is 20.5 Å². The first-order valence-corrected chi connectivity index (χ1v) is 9.83. The molecule has 1 fully saturated rings. The van der Waals surface area contributed by atoms with Gasteiger partial charge in [0.1, 0.15) is 23.0 Å². The van der Waals surface area contributed by atoms with Gasteiger partial charge in [-0.05, 0) is 37.3 Å². The highest BCUT2D eigenvalue weighted by Crippen LogP contribution is 2.22. The minimum atomic E-state index is -0.729. The number of rotatable bonds is 5. The molecule has 0 spiro atoms. The molecule has 32 heavy (non-hydrogen) atoms. The van der Waals surface area contributed by atoms with Gasteiger partial charge in [-0.3, -0.25) is 9.59 Å². The van der Waals surface area contributed by atoms with E-state index in [2.05, 4.69) is 39.0 Å². The monoisotopic (exact) mass is 433 g/mol. The number of aromatic nitrogens is 2. The van der Waals surface area contributed by atoms with E-state index in [0.717, 1.165) is 6.42 Å². The topological polar surface area (TPSA) is 120 Å². The van der Waals surface area contributed by atoms with Crippen molar-refractivity contribution in [3.8, 4) is 35.2 Å². The Morgan fingerprint density at radius 1 is 1.19 bits per heavy atom. The summed E-state index contributed by atoms with van der Waals surface area (Å²) in [5.41, 5.74) is 6.17. The van der Waals surface area contributed by atoms with Gasteiger partial charge in [-0.25, -0.2) is 9.97 Å². The highest BCUT2D eigenvalue weighted by atomic mass is 16.5. The summed E-state index contributed by atoms with van der Waals surface area (Å²) in [6.45, 7) is 2.73. The third-order valence-corrected chi connectivity index (χ3v) is 4.74. The number of nitrogens with two attached hydrogens (primary N) is 1. The van der Waals surface area contributed by atoms with Crippen LogP contribution in [0.25, 0.3) is 0 Å². The lowest BCUT2D eigenvalue weighted by molar-refractivity contribution is -0.124. The summed E-state index contributed by atoms with van der Waals surface area (Å²) in [4.78, 5) is 34.0. The number of likely N-dealkylation sites (tertiary alicyclic amines) is 1. The molecule has 0 unspecified atom stereocenters. The molecule has 1 aliphatic heterocycles. The molecule has 1 saturated heterocycles. The van der Waals surface area contributed by atoms with Crippen molar-refractivity contribution >= 4 is 17.6 Å². The first kappa shape index (κ1) is 22.4. The van der Waals surface area contributed by atoms with E-state index in [4.69, 9.17) is 15.2 Å². The molecule has 1 aromatic carbocycles. The zero-order chi connectivity index (χ0) is 23.1. The fourth-order valence-electron chi connectivity index (χ4n) is 3.19. The highest BCUT2D eigenvalue weighted by molar-refractivity contribution is 5.94. The van der Waals surface area contributed by atoms with Gasteiger partial charge in [0, 0.05) is 30.8 Å². The number of benzene rings is 1. The first-order chi connectivity index (χ1) is 15.4. The van der Waals surface area contributed by atoms with Crippen LogP contribution in [0.15, 0.2) is 24.4 Å². The quantitative estimate of drug-likeness (QED) is 0.676. The molecule has 2 amide bonds. The van der Waals surface area contributed by atoms with Gasteiger partial charge < -0.3 is 25.4 Å². The zero-order valence-electron chi connectivity index (χ0n) is 18.1. The van der Waals surface area contributed by atoms with Crippen molar-refractivity contribution in [2.75, 3.05) is 32.6 Å². The average Bonchev–Trinajstić information content (AvgIpc) is 3.26. The summed E-state index contributed by atoms with van der Waals surface area (Å²) in [6.07, 6.45) is 2.16. The van der Waals surface area contributed by atoms with Crippen molar-refractivity contribution in [1.82, 2.24) is 14.9 Å². The minimum absolute atomic E-state index is 0.0187. The van der Waals surface area contributed by atoms with Crippen LogP contribution >= 0.6 is 0 Å². The number of primary amides is 1. The van der Waals surface area contributed by atoms with Crippen LogP contribution in [0.1, 0.15) is 35.1 Å². The molecule has 0 aliphatic carbocycles. The van der Waals surface area contributed by atoms with E-state index in [-0.39, 0.29) is 23.3 Å². The molecule has 3 N–H and O–H groups in total. The number of nitrogens with zero attached hydrogens (tertiary/aromatic N) is 3. The van der Waals surface area contributed by atoms with Crippen molar-refractivity contribution in [3.63, 3.8) is 0 Å². The van der Waals surface area contributed by atoms with Gasteiger partial charge in [-0.1, -0.05) is 11.8 Å². The van der Waals surface area contributed by atoms with E-state index in [9.17, 15) is 9.59 Å². The lowest BCUT2D eigenvalue weighted by atomic mass is 10.2. The fraction of sp³-hybridized carbons (Fsp3) is 0.304. The van der Waals surface area contributed by atoms with Gasteiger partial charge in [0.25, 0.3) is 11.8 Å². The number of methoxy groups -OCH3 is 2. The van der Waals surface area contributed by atoms with Crippen LogP contribution in [0.4, 0.5) is 5.82 Å². The van der Waals surface area contributed by atoms with Crippen molar-refractivity contribution in [1.29, 1.82) is 0 Å². The van der Waals surface area contributed by atoms with Gasteiger partial charge in [-0.15, -0.1) is 0 Å². The van der Waals surface area contributed by atoms with Crippen molar-refractivity contribution in [2.24, 2.45) is 5.73 Å². The van der Waals surface area contributed by atoms with Crippen LogP contribution in [0.5, 0.6) is 11.5 Å². The second-order valence-corrected chi connectivity index (χ2v) is 6.92. The van der Waals surface area contributed by atoms with Gasteiger partial charge in [0.05, 0.1) is 20.4 Å². The summed E-state index contributed by atoms with van der Waals surface area (Å²) in [5.74, 6) is 11.6. The van der Waals surface area contributed by atoms with Crippen LogP contribution in [0.2, 0.25) is 0 Å². The maximum atomic E-state index is 11.9. The summed E-state index contributed by atoms with van der Waals surface area (Å²) in [7, 11) is 3.09. The summed E-state index contributed by atoms with van der Waals surface area (Å²) < 4.78 is 10.5. The third-order valence-electron chi connectivity index (χ3n) is 4.74. The van der Waals surface area contributed by atoms with Gasteiger partial charge >= 0.3 is 0 Å².